The first-order valence-corrected chi connectivity index (χ1v) is 5.09. The van der Waals surface area contributed by atoms with Gasteiger partial charge in [-0.2, -0.15) is 0 Å². The van der Waals surface area contributed by atoms with E-state index in [1.807, 2.05) is 13.8 Å². The molecule has 1 spiro atoms. The Morgan fingerprint density at radius 1 is 1.17 bits per heavy atom. The maximum atomic E-state index is 5.59. The SMILES string of the molecule is CC.CC1CCC2(CCO2)OC1. The molecule has 72 valence electrons. The normalized spacial score (nSPS) is 39.8. The molecule has 0 radical (unpaired) electrons. The van der Waals surface area contributed by atoms with Gasteiger partial charge in [-0.15, -0.1) is 0 Å². The van der Waals surface area contributed by atoms with E-state index in [1.165, 1.54) is 6.42 Å². The second-order valence-electron chi connectivity index (χ2n) is 3.46. The summed E-state index contributed by atoms with van der Waals surface area (Å²) in [5.41, 5.74) is 0. The summed E-state index contributed by atoms with van der Waals surface area (Å²) in [4.78, 5) is 0. The molecule has 2 fully saturated rings. The van der Waals surface area contributed by atoms with Gasteiger partial charge in [0.25, 0.3) is 0 Å². The van der Waals surface area contributed by atoms with Crippen LogP contribution < -0.4 is 0 Å². The van der Waals surface area contributed by atoms with Gasteiger partial charge in [0.2, 0.25) is 0 Å². The second-order valence-corrected chi connectivity index (χ2v) is 3.46. The smallest absolute Gasteiger partial charge is 0.170 e. The fourth-order valence-corrected chi connectivity index (χ4v) is 1.56. The Labute approximate surface area is 75.2 Å². The van der Waals surface area contributed by atoms with Gasteiger partial charge in [0.1, 0.15) is 0 Å². The molecule has 2 atom stereocenters. The van der Waals surface area contributed by atoms with Crippen molar-refractivity contribution in [3.63, 3.8) is 0 Å². The van der Waals surface area contributed by atoms with Crippen LogP contribution in [0.5, 0.6) is 0 Å². The lowest BCUT2D eigenvalue weighted by Gasteiger charge is -2.45. The average Bonchev–Trinajstić information content (AvgIpc) is 2.07. The van der Waals surface area contributed by atoms with Crippen molar-refractivity contribution in [1.82, 2.24) is 0 Å². The molecule has 12 heavy (non-hydrogen) atoms. The second kappa shape index (κ2) is 4.24. The zero-order valence-electron chi connectivity index (χ0n) is 8.43. The Kier molecular flexibility index (Phi) is 3.53. The molecule has 2 nitrogen and oxygen atoms in total. The molecule has 2 unspecified atom stereocenters. The molecule has 2 heterocycles. The van der Waals surface area contributed by atoms with Crippen molar-refractivity contribution >= 4 is 0 Å². The van der Waals surface area contributed by atoms with Crippen molar-refractivity contribution in [2.45, 2.75) is 45.8 Å². The summed E-state index contributed by atoms with van der Waals surface area (Å²) in [6, 6.07) is 0. The van der Waals surface area contributed by atoms with E-state index in [1.54, 1.807) is 0 Å². The van der Waals surface area contributed by atoms with Crippen LogP contribution in [0.3, 0.4) is 0 Å². The summed E-state index contributed by atoms with van der Waals surface area (Å²) < 4.78 is 11.0. The van der Waals surface area contributed by atoms with Crippen molar-refractivity contribution in [3.05, 3.63) is 0 Å². The quantitative estimate of drug-likeness (QED) is 0.559. The zero-order chi connectivity index (χ0) is 9.03. The summed E-state index contributed by atoms with van der Waals surface area (Å²) >= 11 is 0. The van der Waals surface area contributed by atoms with E-state index in [-0.39, 0.29) is 5.79 Å². The van der Waals surface area contributed by atoms with Gasteiger partial charge in [0, 0.05) is 12.8 Å². The van der Waals surface area contributed by atoms with Gasteiger partial charge in [-0.1, -0.05) is 20.8 Å². The molecule has 0 aromatic carbocycles. The molecular formula is C10H20O2. The predicted molar refractivity (Wildman–Crippen MR) is 49.0 cm³/mol. The lowest BCUT2D eigenvalue weighted by atomic mass is 9.93. The minimum atomic E-state index is -0.119. The fraction of sp³-hybridized carbons (Fsp3) is 1.00. The number of hydrogen-bond donors (Lipinski definition) is 0. The van der Waals surface area contributed by atoms with Gasteiger partial charge in [0.15, 0.2) is 5.79 Å². The van der Waals surface area contributed by atoms with Gasteiger partial charge in [-0.3, -0.25) is 0 Å². The molecule has 2 aliphatic heterocycles. The zero-order valence-corrected chi connectivity index (χ0v) is 8.43. The summed E-state index contributed by atoms with van der Waals surface area (Å²) in [5.74, 6) is 0.613. The van der Waals surface area contributed by atoms with Crippen LogP contribution >= 0.6 is 0 Å². The van der Waals surface area contributed by atoms with Crippen LogP contribution in [-0.2, 0) is 9.47 Å². The molecule has 0 amide bonds. The summed E-state index contributed by atoms with van der Waals surface area (Å²) in [5, 5.41) is 0. The molecule has 0 aromatic heterocycles. The molecular weight excluding hydrogens is 152 g/mol. The van der Waals surface area contributed by atoms with Gasteiger partial charge in [-0.05, 0) is 12.3 Å². The van der Waals surface area contributed by atoms with Crippen molar-refractivity contribution in [1.29, 1.82) is 0 Å². The largest absolute Gasteiger partial charge is 0.350 e. The molecule has 0 saturated carbocycles. The van der Waals surface area contributed by atoms with Crippen molar-refractivity contribution in [2.75, 3.05) is 13.2 Å². The minimum Gasteiger partial charge on any atom is -0.350 e. The highest BCUT2D eigenvalue weighted by atomic mass is 16.7. The predicted octanol–water partition coefficient (Wildman–Crippen LogP) is 2.58. The Morgan fingerprint density at radius 2 is 1.83 bits per heavy atom. The monoisotopic (exact) mass is 172 g/mol. The number of hydrogen-bond acceptors (Lipinski definition) is 2. The molecule has 0 N–H and O–H groups in total. The third kappa shape index (κ3) is 1.99. The highest BCUT2D eigenvalue weighted by Crippen LogP contribution is 2.37. The van der Waals surface area contributed by atoms with Crippen LogP contribution in [0.4, 0.5) is 0 Å². The van der Waals surface area contributed by atoms with E-state index in [2.05, 4.69) is 6.92 Å². The van der Waals surface area contributed by atoms with Crippen LogP contribution in [0, 0.1) is 5.92 Å². The molecule has 2 heteroatoms. The van der Waals surface area contributed by atoms with Gasteiger partial charge in [-0.25, -0.2) is 0 Å². The Balaban J connectivity index is 0.000000336. The molecule has 0 bridgehead atoms. The highest BCUT2D eigenvalue weighted by molar-refractivity contribution is 4.82. The van der Waals surface area contributed by atoms with Gasteiger partial charge < -0.3 is 9.47 Å². The van der Waals surface area contributed by atoms with E-state index in [0.29, 0.717) is 0 Å². The maximum absolute atomic E-state index is 5.59. The fourth-order valence-electron chi connectivity index (χ4n) is 1.56. The summed E-state index contributed by atoms with van der Waals surface area (Å²) in [6.07, 6.45) is 3.48. The lowest BCUT2D eigenvalue weighted by Crippen LogP contribution is -2.49. The minimum absolute atomic E-state index is 0.119. The van der Waals surface area contributed by atoms with E-state index in [9.17, 15) is 0 Å². The summed E-state index contributed by atoms with van der Waals surface area (Å²) in [6.45, 7) is 8.01. The molecule has 0 aliphatic carbocycles. The van der Waals surface area contributed by atoms with Crippen molar-refractivity contribution in [3.8, 4) is 0 Å². The first kappa shape index (κ1) is 10.0. The Bertz CT molecular complexity index is 120. The summed E-state index contributed by atoms with van der Waals surface area (Å²) in [7, 11) is 0. The number of ether oxygens (including phenoxy) is 2. The Hall–Kier alpha value is -0.0800. The van der Waals surface area contributed by atoms with Gasteiger partial charge >= 0.3 is 0 Å². The van der Waals surface area contributed by atoms with E-state index in [4.69, 9.17) is 9.47 Å². The van der Waals surface area contributed by atoms with Gasteiger partial charge in [0.05, 0.1) is 13.2 Å². The third-order valence-electron chi connectivity index (χ3n) is 2.50. The highest BCUT2D eigenvalue weighted by Gasteiger charge is 2.42. The van der Waals surface area contributed by atoms with E-state index >= 15 is 0 Å². The van der Waals surface area contributed by atoms with E-state index in [0.717, 1.165) is 32.0 Å². The standard InChI is InChI=1S/C8H14O2.C2H6/c1-7-2-3-8(10-6-7)4-5-9-8;1-2/h7H,2-6H2,1H3;1-2H3. The molecule has 2 aliphatic rings. The van der Waals surface area contributed by atoms with Crippen molar-refractivity contribution < 1.29 is 9.47 Å². The van der Waals surface area contributed by atoms with Crippen LogP contribution in [-0.4, -0.2) is 19.0 Å². The van der Waals surface area contributed by atoms with Crippen LogP contribution in [0.2, 0.25) is 0 Å². The first-order chi connectivity index (χ1) is 5.81. The molecule has 2 rings (SSSR count). The maximum Gasteiger partial charge on any atom is 0.170 e. The van der Waals surface area contributed by atoms with Crippen molar-refractivity contribution in [2.24, 2.45) is 5.92 Å². The van der Waals surface area contributed by atoms with E-state index < -0.39 is 0 Å². The van der Waals surface area contributed by atoms with Crippen LogP contribution in [0.25, 0.3) is 0 Å². The number of rotatable bonds is 0. The lowest BCUT2D eigenvalue weighted by molar-refractivity contribution is -0.328. The van der Waals surface area contributed by atoms with Crippen LogP contribution in [0.15, 0.2) is 0 Å². The topological polar surface area (TPSA) is 18.5 Å². The molecule has 2 saturated heterocycles. The average molecular weight is 172 g/mol. The van der Waals surface area contributed by atoms with Crippen LogP contribution in [0.1, 0.15) is 40.0 Å². The third-order valence-corrected chi connectivity index (χ3v) is 2.50. The Morgan fingerprint density at radius 3 is 2.17 bits per heavy atom. The molecule has 0 aromatic rings. The first-order valence-electron chi connectivity index (χ1n) is 5.09.